The number of alkyl halides is 3. The first kappa shape index (κ1) is 28.2. The summed E-state index contributed by atoms with van der Waals surface area (Å²) in [6.45, 7) is 3.86. The summed E-state index contributed by atoms with van der Waals surface area (Å²) < 4.78 is 47.9. The monoisotopic (exact) mass is 588 g/mol. The zero-order valence-electron chi connectivity index (χ0n) is 23.3. The molecule has 0 spiro atoms. The first-order chi connectivity index (χ1) is 20.7. The number of pyridine rings is 2. The highest BCUT2D eigenvalue weighted by Gasteiger charge is 2.33. The second kappa shape index (κ2) is 11.4. The summed E-state index contributed by atoms with van der Waals surface area (Å²) in [7, 11) is 0. The molecule has 5 aromatic rings. The van der Waals surface area contributed by atoms with Gasteiger partial charge in [-0.05, 0) is 74.6 Å². The number of aryl methyl sites for hydroxylation is 2. The molecule has 1 unspecified atom stereocenters. The predicted octanol–water partition coefficient (Wildman–Crippen LogP) is 6.61. The summed E-state index contributed by atoms with van der Waals surface area (Å²) in [4.78, 5) is 34.9. The van der Waals surface area contributed by atoms with Crippen LogP contribution in [0.15, 0.2) is 61.4 Å². The Morgan fingerprint density at radius 1 is 1.02 bits per heavy atom. The lowest BCUT2D eigenvalue weighted by atomic mass is 10.1. The number of imidazole rings is 1. The lowest BCUT2D eigenvalue weighted by Gasteiger charge is -2.23. The normalized spacial score (nSPS) is 15.4. The molecule has 1 atom stereocenters. The molecule has 1 amide bonds. The zero-order chi connectivity index (χ0) is 30.1. The maximum Gasteiger partial charge on any atom is 0.416 e. The van der Waals surface area contributed by atoms with E-state index in [0.717, 1.165) is 37.1 Å². The predicted molar refractivity (Wildman–Crippen MR) is 154 cm³/mol. The molecule has 5 heterocycles. The average Bonchev–Trinajstić information content (AvgIpc) is 3.44. The smallest absolute Gasteiger partial charge is 0.358 e. The van der Waals surface area contributed by atoms with E-state index in [2.05, 4.69) is 35.6 Å². The Labute approximate surface area is 244 Å². The number of carbonyl (C=O) groups excluding carboxylic acids is 1. The van der Waals surface area contributed by atoms with Crippen LogP contribution in [0, 0.1) is 13.8 Å². The van der Waals surface area contributed by atoms with E-state index in [9.17, 15) is 18.0 Å². The molecule has 0 radical (unpaired) electrons. The van der Waals surface area contributed by atoms with Crippen LogP contribution < -0.4 is 10.6 Å². The van der Waals surface area contributed by atoms with Crippen molar-refractivity contribution >= 4 is 34.3 Å². The van der Waals surface area contributed by atoms with Gasteiger partial charge in [0.1, 0.15) is 35.3 Å². The highest BCUT2D eigenvalue weighted by molar-refractivity contribution is 6.03. The molecule has 0 bridgehead atoms. The van der Waals surface area contributed by atoms with Crippen molar-refractivity contribution in [3.8, 4) is 11.3 Å². The number of ether oxygens (including phenoxy) is 1. The van der Waals surface area contributed by atoms with E-state index in [1.54, 1.807) is 36.8 Å². The minimum Gasteiger partial charge on any atom is -0.358 e. The Morgan fingerprint density at radius 3 is 2.67 bits per heavy atom. The third kappa shape index (κ3) is 5.75. The van der Waals surface area contributed by atoms with Gasteiger partial charge >= 0.3 is 6.18 Å². The van der Waals surface area contributed by atoms with Gasteiger partial charge in [-0.2, -0.15) is 13.2 Å². The minimum atomic E-state index is -4.60. The first-order valence-corrected chi connectivity index (χ1v) is 13.7. The van der Waals surface area contributed by atoms with Crippen molar-refractivity contribution in [3.63, 3.8) is 0 Å². The number of halogens is 3. The molecule has 1 aliphatic heterocycles. The highest BCUT2D eigenvalue weighted by Crippen LogP contribution is 2.35. The molecule has 1 aliphatic rings. The molecule has 4 aromatic heterocycles. The molecule has 6 rings (SSSR count). The van der Waals surface area contributed by atoms with E-state index in [4.69, 9.17) is 4.74 Å². The molecule has 43 heavy (non-hydrogen) atoms. The number of amides is 1. The van der Waals surface area contributed by atoms with Gasteiger partial charge in [0.15, 0.2) is 5.65 Å². The van der Waals surface area contributed by atoms with Crippen molar-refractivity contribution < 1.29 is 22.7 Å². The Morgan fingerprint density at radius 2 is 1.88 bits per heavy atom. The largest absolute Gasteiger partial charge is 0.416 e. The molecular formula is C30H27F3N8O2. The van der Waals surface area contributed by atoms with Gasteiger partial charge in [0.25, 0.3) is 5.91 Å². The summed E-state index contributed by atoms with van der Waals surface area (Å²) >= 11 is 0. The molecule has 1 fully saturated rings. The van der Waals surface area contributed by atoms with Crippen molar-refractivity contribution in [2.75, 3.05) is 17.2 Å². The van der Waals surface area contributed by atoms with Gasteiger partial charge in [-0.1, -0.05) is 6.07 Å². The van der Waals surface area contributed by atoms with Gasteiger partial charge in [-0.25, -0.2) is 19.9 Å². The highest BCUT2D eigenvalue weighted by atomic mass is 19.4. The number of aromatic nitrogens is 6. The summed E-state index contributed by atoms with van der Waals surface area (Å²) in [6, 6.07) is 9.53. The second-order valence-electron chi connectivity index (χ2n) is 10.3. The maximum atomic E-state index is 13.4. The van der Waals surface area contributed by atoms with Gasteiger partial charge in [0, 0.05) is 35.9 Å². The number of hydrogen-bond donors (Lipinski definition) is 2. The molecule has 220 valence electrons. The van der Waals surface area contributed by atoms with Crippen molar-refractivity contribution in [1.29, 1.82) is 0 Å². The molecule has 13 heteroatoms. The topological polar surface area (TPSA) is 120 Å². The summed E-state index contributed by atoms with van der Waals surface area (Å²) in [5.41, 5.74) is 3.05. The Balaban J connectivity index is 1.28. The number of nitrogens with zero attached hydrogens (tertiary/aromatic N) is 6. The van der Waals surface area contributed by atoms with E-state index in [0.29, 0.717) is 46.2 Å². The van der Waals surface area contributed by atoms with Gasteiger partial charge in [0.2, 0.25) is 0 Å². The molecular weight excluding hydrogens is 561 g/mol. The van der Waals surface area contributed by atoms with Crippen LogP contribution >= 0.6 is 0 Å². The van der Waals surface area contributed by atoms with Crippen molar-refractivity contribution in [3.05, 3.63) is 83.8 Å². The zero-order valence-corrected chi connectivity index (χ0v) is 23.3. The Kier molecular flexibility index (Phi) is 7.48. The van der Waals surface area contributed by atoms with Gasteiger partial charge in [-0.15, -0.1) is 0 Å². The standard InChI is InChI=1S/C30H27F3N8O2/c1-17-8-9-19(39-29(42)23-13-21(30(31,32)33)18(2)14-35-23)12-22(17)40-27-20(6-5-10-34-27)25-26-28(37-15-36-25)41(16-38-26)24-7-3-4-11-43-24/h5-6,8-10,12-16,24H,3-4,7,11H2,1-2H3,(H,34,40)(H,39,42). The molecule has 1 aromatic carbocycles. The fourth-order valence-electron chi connectivity index (χ4n) is 5.01. The fourth-order valence-corrected chi connectivity index (χ4v) is 5.01. The SMILES string of the molecule is Cc1ccc(NC(=O)c2cc(C(F)(F)F)c(C)cn2)cc1Nc1ncccc1-c1ncnc2c1ncn2C1CCCCO1. The van der Waals surface area contributed by atoms with Crippen LogP contribution in [-0.2, 0) is 10.9 Å². The minimum absolute atomic E-state index is 0.0629. The average molecular weight is 589 g/mol. The van der Waals surface area contributed by atoms with E-state index >= 15 is 0 Å². The van der Waals surface area contributed by atoms with E-state index in [1.807, 2.05) is 17.6 Å². The lowest BCUT2D eigenvalue weighted by molar-refractivity contribution is -0.138. The Bertz CT molecular complexity index is 1820. The van der Waals surface area contributed by atoms with Gasteiger partial charge < -0.3 is 15.4 Å². The molecule has 10 nitrogen and oxygen atoms in total. The summed E-state index contributed by atoms with van der Waals surface area (Å²) in [6.07, 6.45) is 4.12. The third-order valence-corrected chi connectivity index (χ3v) is 7.28. The molecule has 2 N–H and O–H groups in total. The quantitative estimate of drug-likeness (QED) is 0.227. The van der Waals surface area contributed by atoms with Crippen LogP contribution in [-0.4, -0.2) is 42.0 Å². The number of anilines is 3. The summed E-state index contributed by atoms with van der Waals surface area (Å²) in [5.74, 6) is -0.271. The van der Waals surface area contributed by atoms with Crippen LogP contribution in [0.2, 0.25) is 0 Å². The number of benzene rings is 1. The van der Waals surface area contributed by atoms with E-state index < -0.39 is 17.6 Å². The van der Waals surface area contributed by atoms with Crippen LogP contribution in [0.25, 0.3) is 22.4 Å². The second-order valence-corrected chi connectivity index (χ2v) is 10.3. The number of nitrogens with one attached hydrogen (secondary N) is 2. The fraction of sp³-hybridized carbons (Fsp3) is 0.267. The van der Waals surface area contributed by atoms with Crippen LogP contribution in [0.5, 0.6) is 0 Å². The van der Waals surface area contributed by atoms with Crippen molar-refractivity contribution in [1.82, 2.24) is 29.5 Å². The van der Waals surface area contributed by atoms with Crippen molar-refractivity contribution in [2.24, 2.45) is 0 Å². The third-order valence-electron chi connectivity index (χ3n) is 7.28. The van der Waals surface area contributed by atoms with Crippen LogP contribution in [0.4, 0.5) is 30.4 Å². The number of carbonyl (C=O) groups is 1. The van der Waals surface area contributed by atoms with Crippen LogP contribution in [0.1, 0.15) is 52.7 Å². The van der Waals surface area contributed by atoms with E-state index in [-0.39, 0.29) is 17.5 Å². The Hall–Kier alpha value is -4.91. The maximum absolute atomic E-state index is 13.4. The molecule has 0 aliphatic carbocycles. The summed E-state index contributed by atoms with van der Waals surface area (Å²) in [5, 5.41) is 5.96. The van der Waals surface area contributed by atoms with Crippen molar-refractivity contribution in [2.45, 2.75) is 45.5 Å². The molecule has 1 saturated heterocycles. The number of fused-ring (bicyclic) bond motifs is 1. The first-order valence-electron chi connectivity index (χ1n) is 13.7. The van der Waals surface area contributed by atoms with Gasteiger partial charge in [0.05, 0.1) is 11.9 Å². The lowest BCUT2D eigenvalue weighted by Crippen LogP contribution is -2.17. The molecule has 0 saturated carbocycles. The number of rotatable bonds is 6. The van der Waals surface area contributed by atoms with Crippen LogP contribution in [0.3, 0.4) is 0 Å². The van der Waals surface area contributed by atoms with Gasteiger partial charge in [-0.3, -0.25) is 14.3 Å². The van der Waals surface area contributed by atoms with E-state index in [1.165, 1.54) is 13.3 Å². The number of hydrogen-bond acceptors (Lipinski definition) is 8.